The van der Waals surface area contributed by atoms with Crippen molar-refractivity contribution in [1.29, 1.82) is 0 Å². The second kappa shape index (κ2) is 7.16. The van der Waals surface area contributed by atoms with Crippen LogP contribution in [0.5, 0.6) is 11.5 Å². The van der Waals surface area contributed by atoms with Gasteiger partial charge >= 0.3 is 0 Å². The number of ether oxygens (including phenoxy) is 2. The molecule has 3 heterocycles. The van der Waals surface area contributed by atoms with Gasteiger partial charge in [-0.2, -0.15) is 0 Å². The monoisotopic (exact) mass is 387 g/mol. The highest BCUT2D eigenvalue weighted by atomic mass is 16.7. The highest BCUT2D eigenvalue weighted by Gasteiger charge is 2.14. The first kappa shape index (κ1) is 17.1. The third-order valence-electron chi connectivity index (χ3n) is 4.60. The van der Waals surface area contributed by atoms with Crippen molar-refractivity contribution in [2.24, 2.45) is 0 Å². The summed E-state index contributed by atoms with van der Waals surface area (Å²) < 4.78 is 10.7. The van der Waals surface area contributed by atoms with Crippen molar-refractivity contribution < 1.29 is 14.3 Å². The lowest BCUT2D eigenvalue weighted by molar-refractivity contribution is -0.115. The van der Waals surface area contributed by atoms with E-state index >= 15 is 0 Å². The first-order valence-electron chi connectivity index (χ1n) is 9.10. The molecule has 0 unspecified atom stereocenters. The van der Waals surface area contributed by atoms with Gasteiger partial charge in [-0.25, -0.2) is 0 Å². The number of aromatic nitrogens is 3. The van der Waals surface area contributed by atoms with Crippen molar-refractivity contribution in [2.75, 3.05) is 17.4 Å². The van der Waals surface area contributed by atoms with Gasteiger partial charge in [0.1, 0.15) is 0 Å². The Balaban J connectivity index is 1.22. The van der Waals surface area contributed by atoms with Crippen LogP contribution in [0.4, 0.5) is 17.3 Å². The highest BCUT2D eigenvalue weighted by Crippen LogP contribution is 2.34. The Bertz CT molecular complexity index is 1190. The third kappa shape index (κ3) is 3.55. The predicted molar refractivity (Wildman–Crippen MR) is 109 cm³/mol. The van der Waals surface area contributed by atoms with Gasteiger partial charge in [-0.05, 0) is 35.9 Å². The van der Waals surface area contributed by atoms with Crippen molar-refractivity contribution >= 4 is 34.1 Å². The average molecular weight is 387 g/mol. The number of anilines is 3. The first-order valence-corrected chi connectivity index (χ1v) is 9.10. The van der Waals surface area contributed by atoms with Crippen molar-refractivity contribution in [3.05, 3.63) is 66.4 Å². The summed E-state index contributed by atoms with van der Waals surface area (Å²) in [6.07, 6.45) is 2.11. The van der Waals surface area contributed by atoms with Crippen LogP contribution in [-0.2, 0) is 11.2 Å². The predicted octanol–water partition coefficient (Wildman–Crippen LogP) is 3.61. The molecule has 0 fully saturated rings. The number of aromatic amines is 1. The minimum atomic E-state index is -0.152. The van der Waals surface area contributed by atoms with Gasteiger partial charge in [-0.1, -0.05) is 18.2 Å². The van der Waals surface area contributed by atoms with Crippen LogP contribution in [0.15, 0.2) is 60.8 Å². The molecule has 0 radical (unpaired) electrons. The number of amides is 1. The highest BCUT2D eigenvalue weighted by molar-refractivity contribution is 5.95. The van der Waals surface area contributed by atoms with Crippen LogP contribution < -0.4 is 20.1 Å². The van der Waals surface area contributed by atoms with E-state index in [1.54, 1.807) is 12.1 Å². The summed E-state index contributed by atoms with van der Waals surface area (Å²) in [4.78, 5) is 15.5. The van der Waals surface area contributed by atoms with Gasteiger partial charge in [0, 0.05) is 28.9 Å². The van der Waals surface area contributed by atoms with Crippen LogP contribution in [0.1, 0.15) is 5.56 Å². The summed E-state index contributed by atoms with van der Waals surface area (Å²) in [6, 6.07) is 16.9. The fraction of sp³-hybridized carbons (Fsp3) is 0.0952. The molecule has 8 nitrogen and oxygen atoms in total. The molecule has 2 aromatic carbocycles. The molecule has 8 heteroatoms. The second-order valence-corrected chi connectivity index (χ2v) is 6.58. The zero-order valence-corrected chi connectivity index (χ0v) is 15.3. The lowest BCUT2D eigenvalue weighted by Crippen LogP contribution is -2.15. The topological polar surface area (TPSA) is 101 Å². The molecule has 0 bridgehead atoms. The fourth-order valence-corrected chi connectivity index (χ4v) is 3.23. The molecule has 0 saturated heterocycles. The maximum Gasteiger partial charge on any atom is 0.231 e. The molecule has 0 saturated carbocycles. The van der Waals surface area contributed by atoms with Gasteiger partial charge in [0.2, 0.25) is 12.7 Å². The maximum absolute atomic E-state index is 12.4. The summed E-state index contributed by atoms with van der Waals surface area (Å²) >= 11 is 0. The summed E-state index contributed by atoms with van der Waals surface area (Å²) in [5.74, 6) is 2.20. The molecule has 3 N–H and O–H groups in total. The van der Waals surface area contributed by atoms with Gasteiger partial charge in [0.25, 0.3) is 0 Å². The van der Waals surface area contributed by atoms with Crippen LogP contribution in [0.3, 0.4) is 0 Å². The van der Waals surface area contributed by atoms with Gasteiger partial charge in [-0.3, -0.25) is 4.79 Å². The lowest BCUT2D eigenvalue weighted by Gasteiger charge is -2.07. The minimum absolute atomic E-state index is 0.152. The molecule has 0 aliphatic carbocycles. The number of H-pyrrole nitrogens is 1. The van der Waals surface area contributed by atoms with Crippen LogP contribution in [0.2, 0.25) is 0 Å². The Morgan fingerprint density at radius 1 is 1.00 bits per heavy atom. The third-order valence-corrected chi connectivity index (χ3v) is 4.60. The molecule has 29 heavy (non-hydrogen) atoms. The van der Waals surface area contributed by atoms with E-state index < -0.39 is 0 Å². The largest absolute Gasteiger partial charge is 0.454 e. The molecule has 0 spiro atoms. The number of hydrogen-bond acceptors (Lipinski definition) is 6. The normalized spacial score (nSPS) is 12.1. The number of nitrogens with one attached hydrogen (secondary N) is 3. The Labute approximate surface area is 165 Å². The Hall–Kier alpha value is -4.07. The van der Waals surface area contributed by atoms with Gasteiger partial charge in [0.05, 0.1) is 6.42 Å². The second-order valence-electron chi connectivity index (χ2n) is 6.58. The van der Waals surface area contributed by atoms with E-state index in [1.165, 1.54) is 0 Å². The molecular weight excluding hydrogens is 370 g/mol. The number of rotatable bonds is 5. The fourth-order valence-electron chi connectivity index (χ4n) is 3.23. The maximum atomic E-state index is 12.4. The molecule has 1 aliphatic heterocycles. The van der Waals surface area contributed by atoms with Crippen LogP contribution in [-0.4, -0.2) is 27.9 Å². The molecule has 2 aromatic heterocycles. The average Bonchev–Trinajstić information content (AvgIpc) is 3.36. The molecule has 5 rings (SSSR count). The Morgan fingerprint density at radius 3 is 2.72 bits per heavy atom. The summed E-state index contributed by atoms with van der Waals surface area (Å²) in [7, 11) is 0. The van der Waals surface area contributed by atoms with Gasteiger partial charge < -0.3 is 25.1 Å². The summed E-state index contributed by atoms with van der Waals surface area (Å²) in [5, 5.41) is 15.1. The molecule has 144 valence electrons. The first-order chi connectivity index (χ1) is 14.2. The lowest BCUT2D eigenvalue weighted by atomic mass is 10.1. The number of nitrogens with zero attached hydrogens (tertiary/aromatic N) is 2. The Kier molecular flexibility index (Phi) is 4.21. The number of fused-ring (bicyclic) bond motifs is 2. The van der Waals surface area contributed by atoms with Crippen LogP contribution in [0.25, 0.3) is 10.9 Å². The van der Waals surface area contributed by atoms with E-state index in [0.29, 0.717) is 17.4 Å². The van der Waals surface area contributed by atoms with Crippen molar-refractivity contribution in [1.82, 2.24) is 15.2 Å². The molecule has 4 aromatic rings. The SMILES string of the molecule is O=C(Cc1c[nH]c2ccccc12)Nc1ccc(Nc2ccc3c(c2)OCO3)nn1. The van der Waals surface area contributed by atoms with Gasteiger partial charge in [-0.15, -0.1) is 10.2 Å². The molecule has 0 atom stereocenters. The minimum Gasteiger partial charge on any atom is -0.454 e. The summed E-state index contributed by atoms with van der Waals surface area (Å²) in [5.41, 5.74) is 2.75. The Morgan fingerprint density at radius 2 is 1.83 bits per heavy atom. The molecular formula is C21H17N5O3. The van der Waals surface area contributed by atoms with E-state index in [1.807, 2.05) is 48.7 Å². The van der Waals surface area contributed by atoms with Crippen LogP contribution in [0, 0.1) is 0 Å². The van der Waals surface area contributed by atoms with E-state index in [0.717, 1.165) is 27.9 Å². The van der Waals surface area contributed by atoms with Crippen molar-refractivity contribution in [2.45, 2.75) is 6.42 Å². The number of carbonyl (C=O) groups is 1. The number of carbonyl (C=O) groups excluding carboxylic acids is 1. The summed E-state index contributed by atoms with van der Waals surface area (Å²) in [6.45, 7) is 0.228. The molecule has 1 aliphatic rings. The van der Waals surface area contributed by atoms with E-state index in [9.17, 15) is 4.79 Å². The zero-order chi connectivity index (χ0) is 19.6. The quantitative estimate of drug-likeness (QED) is 0.484. The van der Waals surface area contributed by atoms with E-state index in [-0.39, 0.29) is 19.1 Å². The standard InChI is InChI=1S/C21H17N5O3/c27-21(9-13-11-22-16-4-2-1-3-15(13)16)24-20-8-7-19(25-26-20)23-14-5-6-17-18(10-14)29-12-28-17/h1-8,10-11,22H,9,12H2,(H,23,25)(H,24,26,27). The zero-order valence-electron chi connectivity index (χ0n) is 15.3. The molecule has 1 amide bonds. The van der Waals surface area contributed by atoms with Crippen molar-refractivity contribution in [3.8, 4) is 11.5 Å². The van der Waals surface area contributed by atoms with Crippen LogP contribution >= 0.6 is 0 Å². The number of hydrogen-bond donors (Lipinski definition) is 3. The van der Waals surface area contributed by atoms with Gasteiger partial charge in [0.15, 0.2) is 23.1 Å². The van der Waals surface area contributed by atoms with Crippen molar-refractivity contribution in [3.63, 3.8) is 0 Å². The smallest absolute Gasteiger partial charge is 0.231 e. The number of para-hydroxylation sites is 1. The number of benzene rings is 2. The van der Waals surface area contributed by atoms with E-state index in [4.69, 9.17) is 9.47 Å². The van der Waals surface area contributed by atoms with E-state index in [2.05, 4.69) is 25.8 Å².